The van der Waals surface area contributed by atoms with Crippen LogP contribution in [0.2, 0.25) is 0 Å². The Morgan fingerprint density at radius 2 is 2.00 bits per heavy atom. The van der Waals surface area contributed by atoms with Crippen molar-refractivity contribution in [3.8, 4) is 0 Å². The maximum atomic E-state index is 12.2. The van der Waals surface area contributed by atoms with Gasteiger partial charge in [-0.3, -0.25) is 0 Å². The van der Waals surface area contributed by atoms with Gasteiger partial charge in [0.05, 0.1) is 6.54 Å². The Hall–Kier alpha value is -2.18. The number of nitrogens with two attached hydrogens (primary N) is 1. The number of halogens is 1. The monoisotopic (exact) mass is 226 g/mol. The van der Waals surface area contributed by atoms with Gasteiger partial charge in [-0.05, 0) is 11.1 Å². The van der Waals surface area contributed by atoms with Crippen molar-refractivity contribution in [1.29, 1.82) is 0 Å². The number of benzene rings is 1. The predicted molar refractivity (Wildman–Crippen MR) is 56.7 cm³/mol. The molecule has 0 saturated heterocycles. The molecule has 0 aliphatic carbocycles. The molecule has 0 aliphatic rings. The summed E-state index contributed by atoms with van der Waals surface area (Å²) < 4.78 is 12.2. The lowest BCUT2D eigenvalue weighted by Gasteiger charge is -1.99. The zero-order chi connectivity index (χ0) is 12.0. The maximum absolute atomic E-state index is 12.2. The Kier molecular flexibility index (Phi) is 4.19. The number of nitro groups is 1. The molecule has 0 amide bonds. The Morgan fingerprint density at radius 1 is 1.44 bits per heavy atom. The summed E-state index contributed by atoms with van der Waals surface area (Å²) in [6, 6.07) is 6.64. The van der Waals surface area contributed by atoms with Crippen LogP contribution in [0.5, 0.6) is 0 Å². The number of rotatable bonds is 4. The van der Waals surface area contributed by atoms with Crippen LogP contribution in [0.4, 0.5) is 4.39 Å². The molecule has 16 heavy (non-hydrogen) atoms. The van der Waals surface area contributed by atoms with E-state index in [0.717, 1.165) is 5.56 Å². The summed E-state index contributed by atoms with van der Waals surface area (Å²) in [5.74, 6) is -0.264. The van der Waals surface area contributed by atoms with Crippen LogP contribution in [-0.4, -0.2) is 11.0 Å². The number of hydrogen-bond donors (Lipinski definition) is 2. The third-order valence-electron chi connectivity index (χ3n) is 1.82. The maximum Gasteiger partial charge on any atom is 0.251 e. The molecule has 0 aliphatic heterocycles. The van der Waals surface area contributed by atoms with Crippen molar-refractivity contribution in [3.63, 3.8) is 0 Å². The van der Waals surface area contributed by atoms with Gasteiger partial charge in [0.2, 0.25) is 0 Å². The topological polar surface area (TPSA) is 93.5 Å². The van der Waals surface area contributed by atoms with Crippen molar-refractivity contribution in [2.24, 2.45) is 10.7 Å². The third kappa shape index (κ3) is 3.91. The van der Waals surface area contributed by atoms with Crippen LogP contribution in [0.3, 0.4) is 0 Å². The van der Waals surface area contributed by atoms with Crippen molar-refractivity contribution in [2.75, 3.05) is 0 Å². The first-order valence-corrected chi connectivity index (χ1v) is 4.46. The Balaban J connectivity index is 2.56. The first kappa shape index (κ1) is 11.9. The zero-order valence-corrected chi connectivity index (χ0v) is 8.39. The summed E-state index contributed by atoms with van der Waals surface area (Å²) in [6.07, 6.45) is 0. The van der Waals surface area contributed by atoms with Crippen LogP contribution in [0.25, 0.3) is 0 Å². The fraction of sp³-hybridized carbons (Fsp3) is 0.222. The average molecular weight is 226 g/mol. The first-order valence-electron chi connectivity index (χ1n) is 4.46. The largest absolute Gasteiger partial charge is 0.365 e. The number of hydrazine groups is 1. The molecule has 1 aromatic rings. The van der Waals surface area contributed by atoms with Gasteiger partial charge < -0.3 is 5.73 Å². The molecule has 0 atom stereocenters. The second-order valence-electron chi connectivity index (χ2n) is 3.02. The zero-order valence-electron chi connectivity index (χ0n) is 8.39. The summed E-state index contributed by atoms with van der Waals surface area (Å²) in [5.41, 5.74) is 8.31. The number of guanidine groups is 1. The van der Waals surface area contributed by atoms with Crippen LogP contribution in [0.1, 0.15) is 11.1 Å². The molecule has 6 nitrogen and oxygen atoms in total. The van der Waals surface area contributed by atoms with Gasteiger partial charge in [-0.25, -0.2) is 19.5 Å². The minimum Gasteiger partial charge on any atom is -0.365 e. The number of nitrogens with zero attached hydrogens (tertiary/aromatic N) is 2. The molecule has 1 aromatic carbocycles. The average Bonchev–Trinajstić information content (AvgIpc) is 2.26. The van der Waals surface area contributed by atoms with E-state index in [1.165, 1.54) is 0 Å². The van der Waals surface area contributed by atoms with Crippen LogP contribution in [0.15, 0.2) is 29.3 Å². The Morgan fingerprint density at radius 3 is 2.50 bits per heavy atom. The van der Waals surface area contributed by atoms with E-state index in [-0.39, 0.29) is 12.5 Å². The minimum atomic E-state index is -0.787. The van der Waals surface area contributed by atoms with Crippen molar-refractivity contribution in [1.82, 2.24) is 5.43 Å². The van der Waals surface area contributed by atoms with E-state index in [2.05, 4.69) is 4.99 Å². The normalized spacial score (nSPS) is 11.2. The van der Waals surface area contributed by atoms with Gasteiger partial charge in [0.25, 0.3) is 5.96 Å². The molecule has 0 spiro atoms. The molecule has 86 valence electrons. The van der Waals surface area contributed by atoms with Gasteiger partial charge in [0.1, 0.15) is 6.67 Å². The van der Waals surface area contributed by atoms with Crippen LogP contribution >= 0.6 is 0 Å². The van der Waals surface area contributed by atoms with E-state index in [1.807, 2.05) is 0 Å². The van der Waals surface area contributed by atoms with E-state index in [0.29, 0.717) is 5.56 Å². The van der Waals surface area contributed by atoms with Crippen LogP contribution < -0.4 is 11.2 Å². The molecule has 0 heterocycles. The van der Waals surface area contributed by atoms with Gasteiger partial charge in [0.15, 0.2) is 5.03 Å². The molecule has 0 bridgehead atoms. The van der Waals surface area contributed by atoms with Crippen LogP contribution in [-0.2, 0) is 13.2 Å². The van der Waals surface area contributed by atoms with Gasteiger partial charge in [-0.1, -0.05) is 29.7 Å². The number of alkyl halides is 1. The highest BCUT2D eigenvalue weighted by molar-refractivity contribution is 5.76. The Labute approximate surface area is 91.1 Å². The quantitative estimate of drug-likeness (QED) is 0.343. The molecule has 0 fully saturated rings. The van der Waals surface area contributed by atoms with E-state index in [9.17, 15) is 14.5 Å². The molecule has 7 heteroatoms. The smallest absolute Gasteiger partial charge is 0.251 e. The summed E-state index contributed by atoms with van der Waals surface area (Å²) in [7, 11) is 0. The van der Waals surface area contributed by atoms with Crippen molar-refractivity contribution in [2.45, 2.75) is 13.2 Å². The number of nitrogens with one attached hydrogen (secondary N) is 1. The molecular weight excluding hydrogens is 215 g/mol. The fourth-order valence-electron chi connectivity index (χ4n) is 1.04. The van der Waals surface area contributed by atoms with Gasteiger partial charge in [0, 0.05) is 0 Å². The van der Waals surface area contributed by atoms with Crippen molar-refractivity contribution >= 4 is 5.96 Å². The van der Waals surface area contributed by atoms with Crippen LogP contribution in [0, 0.1) is 10.1 Å². The standard InChI is InChI=1S/C9H11FN4O2/c10-5-7-1-3-8(4-2-7)6-12-9(11)13-14(15)16/h1-4H,5-6H2,(H3,11,12,13). The molecule has 3 N–H and O–H groups in total. The summed E-state index contributed by atoms with van der Waals surface area (Å²) in [6.45, 7) is -0.312. The highest BCUT2D eigenvalue weighted by Gasteiger charge is 1.99. The minimum absolute atomic E-state index is 0.208. The molecule has 1 rings (SSSR count). The lowest BCUT2D eigenvalue weighted by atomic mass is 10.1. The predicted octanol–water partition coefficient (Wildman–Crippen LogP) is 0.752. The highest BCUT2D eigenvalue weighted by Crippen LogP contribution is 2.06. The van der Waals surface area contributed by atoms with E-state index >= 15 is 0 Å². The van der Waals surface area contributed by atoms with E-state index in [1.54, 1.807) is 29.7 Å². The molecular formula is C9H11FN4O2. The summed E-state index contributed by atoms with van der Waals surface area (Å²) in [4.78, 5) is 13.7. The second kappa shape index (κ2) is 5.64. The summed E-state index contributed by atoms with van der Waals surface area (Å²) in [5, 5.41) is 9.21. The highest BCUT2D eigenvalue weighted by atomic mass is 19.1. The molecule has 0 radical (unpaired) electrons. The lowest BCUT2D eigenvalue weighted by molar-refractivity contribution is -0.525. The third-order valence-corrected chi connectivity index (χ3v) is 1.82. The molecule has 0 aromatic heterocycles. The second-order valence-corrected chi connectivity index (χ2v) is 3.02. The van der Waals surface area contributed by atoms with E-state index < -0.39 is 11.7 Å². The number of aliphatic imine (C=N–C) groups is 1. The Bertz CT molecular complexity index is 391. The van der Waals surface area contributed by atoms with Crippen molar-refractivity contribution < 1.29 is 9.42 Å². The lowest BCUT2D eigenvalue weighted by Crippen LogP contribution is -2.36. The van der Waals surface area contributed by atoms with Crippen molar-refractivity contribution in [3.05, 3.63) is 45.5 Å². The van der Waals surface area contributed by atoms with Gasteiger partial charge in [-0.2, -0.15) is 0 Å². The fourth-order valence-corrected chi connectivity index (χ4v) is 1.04. The SMILES string of the molecule is NC(=NCc1ccc(CF)cc1)N[N+](=O)[O-]. The molecule has 0 saturated carbocycles. The first-order chi connectivity index (χ1) is 7.61. The van der Waals surface area contributed by atoms with Gasteiger partial charge in [-0.15, -0.1) is 0 Å². The summed E-state index contributed by atoms with van der Waals surface area (Å²) >= 11 is 0. The molecule has 0 unspecified atom stereocenters. The number of hydrogen-bond acceptors (Lipinski definition) is 3. The van der Waals surface area contributed by atoms with E-state index in [4.69, 9.17) is 5.73 Å². The van der Waals surface area contributed by atoms with Gasteiger partial charge >= 0.3 is 0 Å².